The third kappa shape index (κ3) is 3.12. The lowest BCUT2D eigenvalue weighted by Crippen LogP contribution is -2.35. The smallest absolute Gasteiger partial charge is 0.256 e. The fourth-order valence-corrected chi connectivity index (χ4v) is 3.14. The van der Waals surface area contributed by atoms with Gasteiger partial charge in [0.25, 0.3) is 5.91 Å². The number of anilines is 2. The van der Waals surface area contributed by atoms with Gasteiger partial charge in [-0.15, -0.1) is 0 Å². The number of nitrogens with zero attached hydrogens (tertiary/aromatic N) is 1. The number of hydrogen-bond donors (Lipinski definition) is 1. The highest BCUT2D eigenvalue weighted by atomic mass is 35.5. The first-order valence-electron chi connectivity index (χ1n) is 7.52. The minimum Gasteiger partial charge on any atom is -0.373 e. The fourth-order valence-electron chi connectivity index (χ4n) is 2.84. The monoisotopic (exact) mass is 362 g/mol. The number of nitrogens with one attached hydrogen (secondary N) is 1. The Bertz CT molecular complexity index is 836. The average molecular weight is 363 g/mol. The summed E-state index contributed by atoms with van der Waals surface area (Å²) < 4.78 is 0. The van der Waals surface area contributed by atoms with Crippen molar-refractivity contribution < 1.29 is 9.59 Å². The van der Waals surface area contributed by atoms with E-state index in [0.29, 0.717) is 21.4 Å². The van der Waals surface area contributed by atoms with E-state index in [2.05, 4.69) is 5.32 Å². The van der Waals surface area contributed by atoms with Gasteiger partial charge in [0.05, 0.1) is 22.2 Å². The van der Waals surface area contributed by atoms with Crippen LogP contribution in [0.2, 0.25) is 10.0 Å². The predicted octanol–water partition coefficient (Wildman–Crippen LogP) is 4.35. The second-order valence-corrected chi connectivity index (χ2v) is 6.70. The molecule has 1 heterocycles. The topological polar surface area (TPSA) is 49.4 Å². The summed E-state index contributed by atoms with van der Waals surface area (Å²) >= 11 is 11.9. The van der Waals surface area contributed by atoms with Crippen LogP contribution in [0.4, 0.5) is 11.4 Å². The van der Waals surface area contributed by atoms with Crippen LogP contribution in [0.3, 0.4) is 0 Å². The number of halogens is 2. The molecule has 3 rings (SSSR count). The molecule has 4 nitrogen and oxygen atoms in total. The number of amides is 2. The molecule has 1 saturated heterocycles. The van der Waals surface area contributed by atoms with Gasteiger partial charge in [-0.2, -0.15) is 0 Å². The number of hydrogen-bond acceptors (Lipinski definition) is 3. The van der Waals surface area contributed by atoms with E-state index in [9.17, 15) is 9.59 Å². The van der Waals surface area contributed by atoms with Gasteiger partial charge in [0.15, 0.2) is 0 Å². The molecule has 1 aliphatic heterocycles. The second-order valence-electron chi connectivity index (χ2n) is 5.89. The van der Waals surface area contributed by atoms with E-state index in [1.807, 2.05) is 32.0 Å². The Labute approximate surface area is 150 Å². The molecule has 1 atom stereocenters. The Morgan fingerprint density at radius 3 is 2.46 bits per heavy atom. The summed E-state index contributed by atoms with van der Waals surface area (Å²) in [5.41, 5.74) is 3.26. The van der Waals surface area contributed by atoms with Crippen molar-refractivity contribution in [3.63, 3.8) is 0 Å². The number of carbonyl (C=O) groups is 2. The average Bonchev–Trinajstić information content (AvgIpc) is 2.78. The van der Waals surface area contributed by atoms with Crippen LogP contribution in [0.1, 0.15) is 17.5 Å². The molecule has 0 unspecified atom stereocenters. The zero-order valence-electron chi connectivity index (χ0n) is 13.3. The van der Waals surface area contributed by atoms with Gasteiger partial charge in [-0.25, -0.2) is 4.90 Å². The van der Waals surface area contributed by atoms with Gasteiger partial charge < -0.3 is 5.32 Å². The molecule has 24 heavy (non-hydrogen) atoms. The molecule has 1 aliphatic rings. The number of benzene rings is 2. The molecule has 0 bridgehead atoms. The normalized spacial score (nSPS) is 17.5. The van der Waals surface area contributed by atoms with Gasteiger partial charge >= 0.3 is 0 Å². The lowest BCUT2D eigenvalue weighted by Gasteiger charge is -2.18. The lowest BCUT2D eigenvalue weighted by atomic mass is 10.1. The molecule has 0 aromatic heterocycles. The van der Waals surface area contributed by atoms with Crippen molar-refractivity contribution in [2.75, 3.05) is 10.2 Å². The second kappa shape index (κ2) is 6.46. The summed E-state index contributed by atoms with van der Waals surface area (Å²) in [5.74, 6) is -0.484. The zero-order valence-corrected chi connectivity index (χ0v) is 14.8. The van der Waals surface area contributed by atoms with Gasteiger partial charge in [-0.05, 0) is 43.7 Å². The summed E-state index contributed by atoms with van der Waals surface area (Å²) in [7, 11) is 0. The van der Waals surface area contributed by atoms with E-state index in [-0.39, 0.29) is 18.2 Å². The quantitative estimate of drug-likeness (QED) is 0.825. The molecule has 0 radical (unpaired) electrons. The van der Waals surface area contributed by atoms with Gasteiger partial charge in [0.1, 0.15) is 6.04 Å². The molecule has 2 aromatic rings. The summed E-state index contributed by atoms with van der Waals surface area (Å²) in [5, 5.41) is 3.90. The van der Waals surface area contributed by atoms with Crippen molar-refractivity contribution in [2.24, 2.45) is 0 Å². The first-order chi connectivity index (χ1) is 11.4. The summed E-state index contributed by atoms with van der Waals surface area (Å²) in [6.07, 6.45) is 0.104. The van der Waals surface area contributed by atoms with Crippen LogP contribution in [0.15, 0.2) is 36.4 Å². The van der Waals surface area contributed by atoms with Crippen molar-refractivity contribution in [2.45, 2.75) is 26.3 Å². The first kappa shape index (κ1) is 16.8. The van der Waals surface area contributed by atoms with Crippen LogP contribution >= 0.6 is 23.2 Å². The Hall–Kier alpha value is -2.04. The molecule has 6 heteroatoms. The van der Waals surface area contributed by atoms with Gasteiger partial charge in [-0.1, -0.05) is 40.9 Å². The summed E-state index contributed by atoms with van der Waals surface area (Å²) in [6, 6.07) is 10.1. The molecule has 1 N–H and O–H groups in total. The Kier molecular flexibility index (Phi) is 4.52. The van der Waals surface area contributed by atoms with Gasteiger partial charge in [-0.3, -0.25) is 9.59 Å². The molecule has 0 saturated carbocycles. The standard InChI is InChI=1S/C18H16Cl2N2O2/c1-10-3-6-16(11(2)7-10)22-17(23)9-15(18(22)24)21-12-4-5-13(19)14(20)8-12/h3-8,15,21H,9H2,1-2H3/t15-/m0/s1. The van der Waals surface area contributed by atoms with Gasteiger partial charge in [0.2, 0.25) is 5.91 Å². The first-order valence-corrected chi connectivity index (χ1v) is 8.28. The number of carbonyl (C=O) groups excluding carboxylic acids is 2. The Morgan fingerprint density at radius 1 is 1.04 bits per heavy atom. The van der Waals surface area contributed by atoms with Crippen LogP contribution < -0.4 is 10.2 Å². The maximum atomic E-state index is 12.7. The van der Waals surface area contributed by atoms with E-state index in [1.165, 1.54) is 4.90 Å². The van der Waals surface area contributed by atoms with Crippen molar-refractivity contribution in [1.82, 2.24) is 0 Å². The molecule has 2 amide bonds. The molecule has 124 valence electrons. The molecule has 0 spiro atoms. The highest BCUT2D eigenvalue weighted by Gasteiger charge is 2.40. The van der Waals surface area contributed by atoms with E-state index in [1.54, 1.807) is 18.2 Å². The number of imide groups is 1. The van der Waals surface area contributed by atoms with Crippen LogP contribution in [0.25, 0.3) is 0 Å². The molecule has 2 aromatic carbocycles. The SMILES string of the molecule is Cc1ccc(N2C(=O)C[C@H](Nc3ccc(Cl)c(Cl)c3)C2=O)c(C)c1. The number of rotatable bonds is 3. The van der Waals surface area contributed by atoms with Crippen LogP contribution in [0, 0.1) is 13.8 Å². The van der Waals surface area contributed by atoms with Crippen LogP contribution in [-0.4, -0.2) is 17.9 Å². The van der Waals surface area contributed by atoms with Crippen molar-refractivity contribution in [3.05, 3.63) is 57.6 Å². The summed E-state index contributed by atoms with van der Waals surface area (Å²) in [6.45, 7) is 3.86. The molecular formula is C18H16Cl2N2O2. The van der Waals surface area contributed by atoms with Crippen molar-refractivity contribution >= 4 is 46.4 Å². The molecule has 1 fully saturated rings. The zero-order chi connectivity index (χ0) is 17.4. The predicted molar refractivity (Wildman–Crippen MR) is 96.9 cm³/mol. The highest BCUT2D eigenvalue weighted by molar-refractivity contribution is 6.42. The van der Waals surface area contributed by atoms with E-state index in [0.717, 1.165) is 11.1 Å². The maximum absolute atomic E-state index is 12.7. The fraction of sp³-hybridized carbons (Fsp3) is 0.222. The third-order valence-electron chi connectivity index (χ3n) is 4.00. The molecule has 0 aliphatic carbocycles. The van der Waals surface area contributed by atoms with Gasteiger partial charge in [0, 0.05) is 5.69 Å². The largest absolute Gasteiger partial charge is 0.373 e. The highest BCUT2D eigenvalue weighted by Crippen LogP contribution is 2.30. The van der Waals surface area contributed by atoms with Crippen LogP contribution in [-0.2, 0) is 9.59 Å². The molecular weight excluding hydrogens is 347 g/mol. The lowest BCUT2D eigenvalue weighted by molar-refractivity contribution is -0.121. The minimum absolute atomic E-state index is 0.104. The minimum atomic E-state index is -0.615. The Morgan fingerprint density at radius 2 is 1.79 bits per heavy atom. The summed E-state index contributed by atoms with van der Waals surface area (Å²) in [4.78, 5) is 26.3. The van der Waals surface area contributed by atoms with Crippen molar-refractivity contribution in [3.8, 4) is 0 Å². The maximum Gasteiger partial charge on any atom is 0.256 e. The van der Waals surface area contributed by atoms with E-state index in [4.69, 9.17) is 23.2 Å². The Balaban J connectivity index is 1.84. The van der Waals surface area contributed by atoms with E-state index >= 15 is 0 Å². The third-order valence-corrected chi connectivity index (χ3v) is 4.74. The number of aryl methyl sites for hydroxylation is 2. The van der Waals surface area contributed by atoms with E-state index < -0.39 is 6.04 Å². The van der Waals surface area contributed by atoms with Crippen molar-refractivity contribution in [1.29, 1.82) is 0 Å². The van der Waals surface area contributed by atoms with Crippen LogP contribution in [0.5, 0.6) is 0 Å².